The number of sulfonamides is 1. The van der Waals surface area contributed by atoms with Crippen molar-refractivity contribution in [3.63, 3.8) is 0 Å². The Morgan fingerprint density at radius 3 is 2.72 bits per heavy atom. The van der Waals surface area contributed by atoms with Gasteiger partial charge in [0.15, 0.2) is 0 Å². The van der Waals surface area contributed by atoms with Gasteiger partial charge in [0, 0.05) is 25.4 Å². The third-order valence-corrected chi connectivity index (χ3v) is 4.01. The van der Waals surface area contributed by atoms with E-state index in [1.807, 2.05) is 6.07 Å². The van der Waals surface area contributed by atoms with Gasteiger partial charge in [-0.15, -0.1) is 0 Å². The number of rotatable bonds is 4. The molecule has 0 amide bonds. The average Bonchev–Trinajstić information content (AvgIpc) is 2.37. The number of nitrogens with one attached hydrogen (secondary N) is 1. The van der Waals surface area contributed by atoms with Gasteiger partial charge < -0.3 is 10.1 Å². The summed E-state index contributed by atoms with van der Waals surface area (Å²) in [6.07, 6.45) is 2.09. The molecule has 100 valence electrons. The van der Waals surface area contributed by atoms with Gasteiger partial charge in [0.05, 0.1) is 4.90 Å². The van der Waals surface area contributed by atoms with Crippen molar-refractivity contribution in [3.05, 3.63) is 24.3 Å². The van der Waals surface area contributed by atoms with E-state index >= 15 is 0 Å². The van der Waals surface area contributed by atoms with E-state index in [0.29, 0.717) is 5.92 Å². The van der Waals surface area contributed by atoms with E-state index in [2.05, 4.69) is 5.32 Å². The molecular formula is C12H18N2O3S. The molecule has 0 atom stereocenters. The van der Waals surface area contributed by atoms with Crippen LogP contribution in [-0.4, -0.2) is 28.2 Å². The Kier molecular flexibility index (Phi) is 4.21. The van der Waals surface area contributed by atoms with Crippen LogP contribution in [0.2, 0.25) is 0 Å². The Hall–Kier alpha value is -1.11. The molecule has 0 saturated carbocycles. The summed E-state index contributed by atoms with van der Waals surface area (Å²) in [6, 6.07) is 6.59. The van der Waals surface area contributed by atoms with Crippen LogP contribution in [0.1, 0.15) is 12.8 Å². The van der Waals surface area contributed by atoms with Crippen molar-refractivity contribution in [2.45, 2.75) is 17.7 Å². The lowest BCUT2D eigenvalue weighted by atomic mass is 10.0. The van der Waals surface area contributed by atoms with Crippen LogP contribution in [0, 0.1) is 5.92 Å². The fraction of sp³-hybridized carbons (Fsp3) is 0.500. The Morgan fingerprint density at radius 2 is 2.06 bits per heavy atom. The Labute approximate surface area is 107 Å². The van der Waals surface area contributed by atoms with Crippen LogP contribution in [0.5, 0.6) is 0 Å². The van der Waals surface area contributed by atoms with Crippen molar-refractivity contribution in [2.75, 3.05) is 25.1 Å². The molecule has 0 bridgehead atoms. The van der Waals surface area contributed by atoms with Crippen LogP contribution in [-0.2, 0) is 14.8 Å². The summed E-state index contributed by atoms with van der Waals surface area (Å²) in [5.74, 6) is 0.580. The fourth-order valence-corrected chi connectivity index (χ4v) is 2.56. The Bertz CT molecular complexity index is 496. The van der Waals surface area contributed by atoms with Crippen LogP contribution >= 0.6 is 0 Å². The monoisotopic (exact) mass is 270 g/mol. The number of hydrogen-bond donors (Lipinski definition) is 2. The molecule has 5 nitrogen and oxygen atoms in total. The second-order valence-electron chi connectivity index (χ2n) is 4.51. The van der Waals surface area contributed by atoms with Crippen molar-refractivity contribution < 1.29 is 13.2 Å². The van der Waals surface area contributed by atoms with E-state index in [1.165, 1.54) is 6.07 Å². The minimum absolute atomic E-state index is 0.138. The van der Waals surface area contributed by atoms with Gasteiger partial charge in [0.1, 0.15) is 0 Å². The van der Waals surface area contributed by atoms with Gasteiger partial charge in [0.25, 0.3) is 0 Å². The largest absolute Gasteiger partial charge is 0.385 e. The first-order valence-electron chi connectivity index (χ1n) is 6.00. The number of primary sulfonamides is 1. The van der Waals surface area contributed by atoms with E-state index in [1.54, 1.807) is 12.1 Å². The van der Waals surface area contributed by atoms with E-state index in [-0.39, 0.29) is 4.90 Å². The van der Waals surface area contributed by atoms with Crippen molar-refractivity contribution in [1.82, 2.24) is 0 Å². The molecule has 1 heterocycles. The van der Waals surface area contributed by atoms with Crippen LogP contribution in [0.3, 0.4) is 0 Å². The van der Waals surface area contributed by atoms with Gasteiger partial charge in [-0.25, -0.2) is 13.6 Å². The first-order chi connectivity index (χ1) is 8.55. The third-order valence-electron chi connectivity index (χ3n) is 3.10. The lowest BCUT2D eigenvalue weighted by Crippen LogP contribution is -2.22. The molecule has 1 fully saturated rings. The second kappa shape index (κ2) is 5.69. The summed E-state index contributed by atoms with van der Waals surface area (Å²) in [6.45, 7) is 2.45. The fourth-order valence-electron chi connectivity index (χ4n) is 2.00. The highest BCUT2D eigenvalue weighted by atomic mass is 32.2. The molecule has 1 aliphatic rings. The molecule has 1 saturated heterocycles. The first-order valence-corrected chi connectivity index (χ1v) is 7.55. The van der Waals surface area contributed by atoms with Gasteiger partial charge in [-0.3, -0.25) is 0 Å². The Morgan fingerprint density at radius 1 is 1.33 bits per heavy atom. The van der Waals surface area contributed by atoms with E-state index < -0.39 is 10.0 Å². The molecule has 1 aliphatic heterocycles. The summed E-state index contributed by atoms with van der Waals surface area (Å²) in [5, 5.41) is 8.34. The zero-order chi connectivity index (χ0) is 13.0. The topological polar surface area (TPSA) is 81.4 Å². The van der Waals surface area contributed by atoms with Gasteiger partial charge in [-0.1, -0.05) is 6.07 Å². The number of ether oxygens (including phenoxy) is 1. The molecule has 18 heavy (non-hydrogen) atoms. The quantitative estimate of drug-likeness (QED) is 0.860. The zero-order valence-electron chi connectivity index (χ0n) is 10.1. The summed E-state index contributed by atoms with van der Waals surface area (Å²) >= 11 is 0. The van der Waals surface area contributed by atoms with Gasteiger partial charge >= 0.3 is 0 Å². The predicted octanol–water partition coefficient (Wildman–Crippen LogP) is 1.17. The molecule has 0 aliphatic carbocycles. The second-order valence-corrected chi connectivity index (χ2v) is 6.07. The predicted molar refractivity (Wildman–Crippen MR) is 69.8 cm³/mol. The lowest BCUT2D eigenvalue weighted by Gasteiger charge is -2.22. The molecule has 1 aromatic carbocycles. The van der Waals surface area contributed by atoms with Crippen LogP contribution in [0.25, 0.3) is 0 Å². The third kappa shape index (κ3) is 3.69. The summed E-state index contributed by atoms with van der Waals surface area (Å²) in [4.78, 5) is 0.138. The van der Waals surface area contributed by atoms with Crippen LogP contribution in [0.15, 0.2) is 29.2 Å². The van der Waals surface area contributed by atoms with Crippen molar-refractivity contribution in [3.8, 4) is 0 Å². The minimum atomic E-state index is -3.63. The summed E-state index contributed by atoms with van der Waals surface area (Å²) in [5.41, 5.74) is 0.785. The molecule has 0 radical (unpaired) electrons. The standard InChI is InChI=1S/C12H18N2O3S/c13-18(15,16)12-3-1-2-11(8-12)14-9-10-4-6-17-7-5-10/h1-3,8,10,14H,4-7,9H2,(H2,13,15,16). The molecule has 1 aromatic rings. The lowest BCUT2D eigenvalue weighted by molar-refractivity contribution is 0.0699. The number of anilines is 1. The SMILES string of the molecule is NS(=O)(=O)c1cccc(NCC2CCOCC2)c1. The van der Waals surface area contributed by atoms with Crippen molar-refractivity contribution >= 4 is 15.7 Å². The molecule has 2 rings (SSSR count). The van der Waals surface area contributed by atoms with Crippen molar-refractivity contribution in [1.29, 1.82) is 0 Å². The first kappa shape index (κ1) is 13.3. The highest BCUT2D eigenvalue weighted by molar-refractivity contribution is 7.89. The highest BCUT2D eigenvalue weighted by Crippen LogP contribution is 2.18. The van der Waals surface area contributed by atoms with Crippen molar-refractivity contribution in [2.24, 2.45) is 11.1 Å². The molecule has 6 heteroatoms. The number of hydrogen-bond acceptors (Lipinski definition) is 4. The van der Waals surface area contributed by atoms with Crippen LogP contribution in [0.4, 0.5) is 5.69 Å². The van der Waals surface area contributed by atoms with Gasteiger partial charge in [-0.2, -0.15) is 0 Å². The molecular weight excluding hydrogens is 252 g/mol. The van der Waals surface area contributed by atoms with E-state index in [0.717, 1.165) is 38.3 Å². The maximum atomic E-state index is 11.2. The number of nitrogens with two attached hydrogens (primary N) is 1. The van der Waals surface area contributed by atoms with Gasteiger partial charge in [0.2, 0.25) is 10.0 Å². The van der Waals surface area contributed by atoms with Gasteiger partial charge in [-0.05, 0) is 37.0 Å². The van der Waals surface area contributed by atoms with E-state index in [4.69, 9.17) is 9.88 Å². The minimum Gasteiger partial charge on any atom is -0.385 e. The maximum Gasteiger partial charge on any atom is 0.238 e. The summed E-state index contributed by atoms with van der Waals surface area (Å²) < 4.78 is 27.7. The molecule has 3 N–H and O–H groups in total. The number of benzene rings is 1. The Balaban J connectivity index is 1.97. The zero-order valence-corrected chi connectivity index (χ0v) is 10.9. The highest BCUT2D eigenvalue weighted by Gasteiger charge is 2.14. The molecule has 0 aromatic heterocycles. The molecule has 0 spiro atoms. The maximum absolute atomic E-state index is 11.2. The molecule has 0 unspecified atom stereocenters. The van der Waals surface area contributed by atoms with E-state index in [9.17, 15) is 8.42 Å². The summed E-state index contributed by atoms with van der Waals surface area (Å²) in [7, 11) is -3.63. The van der Waals surface area contributed by atoms with Crippen LogP contribution < -0.4 is 10.5 Å². The average molecular weight is 270 g/mol. The smallest absolute Gasteiger partial charge is 0.238 e. The normalized spacial score (nSPS) is 17.6.